The van der Waals surface area contributed by atoms with Crippen molar-refractivity contribution in [3.05, 3.63) is 70.0 Å². The number of carbonyl (C=O) groups excluding carboxylic acids is 1. The van der Waals surface area contributed by atoms with E-state index in [0.29, 0.717) is 22.4 Å². The van der Waals surface area contributed by atoms with Crippen LogP contribution in [-0.2, 0) is 13.0 Å². The van der Waals surface area contributed by atoms with Crippen LogP contribution in [-0.4, -0.2) is 39.2 Å². The van der Waals surface area contributed by atoms with E-state index in [2.05, 4.69) is 29.2 Å². The molecule has 3 aromatic rings. The molecule has 2 aliphatic heterocycles. The average Bonchev–Trinajstić information content (AvgIpc) is 2.80. The summed E-state index contributed by atoms with van der Waals surface area (Å²) in [6.07, 6.45) is 4.12. The Bertz CT molecular complexity index is 1130. The Balaban J connectivity index is 1.31. The van der Waals surface area contributed by atoms with Gasteiger partial charge in [-0.3, -0.25) is 14.2 Å². The molecule has 30 heavy (non-hydrogen) atoms. The number of likely N-dealkylation sites (tertiary alicyclic amines) is 1. The molecule has 0 unspecified atom stereocenters. The van der Waals surface area contributed by atoms with Gasteiger partial charge in [0.1, 0.15) is 0 Å². The number of carbonyl (C=O) groups is 1. The number of fused-ring (bicyclic) bond motifs is 2. The van der Waals surface area contributed by atoms with Crippen molar-refractivity contribution < 1.29 is 4.79 Å². The van der Waals surface area contributed by atoms with E-state index in [4.69, 9.17) is 0 Å². The molecule has 0 atom stereocenters. The van der Waals surface area contributed by atoms with E-state index in [1.807, 2.05) is 11.0 Å². The largest absolute Gasteiger partial charge is 0.339 e. The van der Waals surface area contributed by atoms with Gasteiger partial charge in [0.05, 0.1) is 10.9 Å². The van der Waals surface area contributed by atoms with Crippen molar-refractivity contribution >= 4 is 28.6 Å². The number of hydrogen-bond donors (Lipinski definition) is 0. The lowest BCUT2D eigenvalue weighted by Crippen LogP contribution is -2.39. The average molecular weight is 420 g/mol. The lowest BCUT2D eigenvalue weighted by atomic mass is 9.90. The van der Waals surface area contributed by atoms with Crippen molar-refractivity contribution in [2.45, 2.75) is 37.4 Å². The summed E-state index contributed by atoms with van der Waals surface area (Å²) in [4.78, 5) is 32.5. The molecule has 1 fully saturated rings. The van der Waals surface area contributed by atoms with Gasteiger partial charge in [-0.1, -0.05) is 42.1 Å². The Kier molecular flexibility index (Phi) is 5.34. The van der Waals surface area contributed by atoms with Crippen LogP contribution in [0.4, 0.5) is 0 Å². The molecule has 0 bridgehead atoms. The number of amides is 1. The second-order valence-corrected chi connectivity index (χ2v) is 9.27. The van der Waals surface area contributed by atoms with Crippen molar-refractivity contribution in [1.29, 1.82) is 0 Å². The summed E-state index contributed by atoms with van der Waals surface area (Å²) in [5, 5.41) is 1.37. The molecule has 6 heteroatoms. The van der Waals surface area contributed by atoms with Gasteiger partial charge in [-0.05, 0) is 55.4 Å². The molecule has 0 N–H and O–H groups in total. The molecular weight excluding hydrogens is 394 g/mol. The summed E-state index contributed by atoms with van der Waals surface area (Å²) >= 11 is 1.62. The third-order valence-electron chi connectivity index (χ3n) is 6.19. The van der Waals surface area contributed by atoms with Gasteiger partial charge in [-0.25, -0.2) is 4.98 Å². The van der Waals surface area contributed by atoms with Gasteiger partial charge in [0.15, 0.2) is 5.16 Å². The second kappa shape index (κ2) is 8.26. The fourth-order valence-corrected chi connectivity index (χ4v) is 5.45. The van der Waals surface area contributed by atoms with Crippen molar-refractivity contribution in [3.8, 4) is 0 Å². The number of aromatic nitrogens is 2. The predicted molar refractivity (Wildman–Crippen MR) is 120 cm³/mol. The maximum Gasteiger partial charge on any atom is 0.262 e. The highest BCUT2D eigenvalue weighted by Crippen LogP contribution is 2.25. The molecule has 1 amide bonds. The minimum atomic E-state index is 0.00271. The minimum Gasteiger partial charge on any atom is -0.339 e. The first kappa shape index (κ1) is 19.4. The molecule has 1 aromatic heterocycles. The van der Waals surface area contributed by atoms with E-state index in [9.17, 15) is 9.59 Å². The Morgan fingerprint density at radius 1 is 1.07 bits per heavy atom. The van der Waals surface area contributed by atoms with E-state index >= 15 is 0 Å². The van der Waals surface area contributed by atoms with Crippen LogP contribution in [0.2, 0.25) is 0 Å². The molecular formula is C24H25N3O2S. The third-order valence-corrected chi connectivity index (χ3v) is 7.26. The van der Waals surface area contributed by atoms with Crippen LogP contribution >= 0.6 is 11.8 Å². The van der Waals surface area contributed by atoms with E-state index in [1.165, 1.54) is 5.56 Å². The highest BCUT2D eigenvalue weighted by molar-refractivity contribution is 7.99. The maximum absolute atomic E-state index is 13.1. The van der Waals surface area contributed by atoms with E-state index < -0.39 is 0 Å². The molecule has 0 spiro atoms. The smallest absolute Gasteiger partial charge is 0.262 e. The first-order chi connectivity index (χ1) is 14.7. The minimum absolute atomic E-state index is 0.00271. The van der Waals surface area contributed by atoms with E-state index in [1.54, 1.807) is 34.5 Å². The number of piperidine rings is 1. The number of benzene rings is 2. The first-order valence-corrected chi connectivity index (χ1v) is 11.7. The van der Waals surface area contributed by atoms with Crippen molar-refractivity contribution in [2.75, 3.05) is 18.8 Å². The lowest BCUT2D eigenvalue weighted by Gasteiger charge is -2.32. The van der Waals surface area contributed by atoms with Gasteiger partial charge in [0.2, 0.25) is 0 Å². The van der Waals surface area contributed by atoms with Gasteiger partial charge in [-0.15, -0.1) is 0 Å². The SMILES string of the molecule is O=C(c1ccc2c(=O)n3c(nc2c1)SCCC3)N1CCC(Cc2ccccc2)CC1. The fraction of sp³-hybridized carbons (Fsp3) is 0.375. The second-order valence-electron chi connectivity index (χ2n) is 8.21. The Hall–Kier alpha value is -2.60. The monoisotopic (exact) mass is 419 g/mol. The summed E-state index contributed by atoms with van der Waals surface area (Å²) in [6, 6.07) is 15.9. The zero-order valence-electron chi connectivity index (χ0n) is 16.9. The topological polar surface area (TPSA) is 55.2 Å². The zero-order valence-corrected chi connectivity index (χ0v) is 17.7. The highest BCUT2D eigenvalue weighted by atomic mass is 32.2. The summed E-state index contributed by atoms with van der Waals surface area (Å²) in [5.74, 6) is 1.65. The van der Waals surface area contributed by atoms with Crippen molar-refractivity contribution in [3.63, 3.8) is 0 Å². The maximum atomic E-state index is 13.1. The molecule has 2 aliphatic rings. The van der Waals surface area contributed by atoms with Crippen LogP contribution in [0, 0.1) is 5.92 Å². The summed E-state index contributed by atoms with van der Waals surface area (Å²) in [6.45, 7) is 2.29. The Morgan fingerprint density at radius 3 is 2.67 bits per heavy atom. The van der Waals surface area contributed by atoms with E-state index in [-0.39, 0.29) is 11.5 Å². The van der Waals surface area contributed by atoms with Crippen LogP contribution in [0.5, 0.6) is 0 Å². The molecule has 154 valence electrons. The molecule has 0 aliphatic carbocycles. The first-order valence-electron chi connectivity index (χ1n) is 10.7. The van der Waals surface area contributed by atoms with Gasteiger partial charge >= 0.3 is 0 Å². The number of thioether (sulfide) groups is 1. The summed E-state index contributed by atoms with van der Waals surface area (Å²) in [7, 11) is 0. The van der Waals surface area contributed by atoms with Crippen LogP contribution in [0.1, 0.15) is 35.2 Å². The number of rotatable bonds is 3. The molecule has 0 saturated carbocycles. The van der Waals surface area contributed by atoms with Crippen LogP contribution in [0.3, 0.4) is 0 Å². The molecule has 0 radical (unpaired) electrons. The quantitative estimate of drug-likeness (QED) is 0.603. The molecule has 5 rings (SSSR count). The number of nitrogens with zero attached hydrogens (tertiary/aromatic N) is 3. The van der Waals surface area contributed by atoms with Gasteiger partial charge in [-0.2, -0.15) is 0 Å². The molecule has 5 nitrogen and oxygen atoms in total. The van der Waals surface area contributed by atoms with Crippen LogP contribution < -0.4 is 5.56 Å². The van der Waals surface area contributed by atoms with Crippen LogP contribution in [0.25, 0.3) is 10.9 Å². The molecule has 3 heterocycles. The van der Waals surface area contributed by atoms with Gasteiger partial charge in [0.25, 0.3) is 11.5 Å². The zero-order chi connectivity index (χ0) is 20.5. The third kappa shape index (κ3) is 3.76. The lowest BCUT2D eigenvalue weighted by molar-refractivity contribution is 0.0690. The summed E-state index contributed by atoms with van der Waals surface area (Å²) < 4.78 is 1.76. The molecule has 2 aromatic carbocycles. The normalized spacial score (nSPS) is 17.1. The molecule has 1 saturated heterocycles. The highest BCUT2D eigenvalue weighted by Gasteiger charge is 2.24. The van der Waals surface area contributed by atoms with Crippen molar-refractivity contribution in [1.82, 2.24) is 14.5 Å². The van der Waals surface area contributed by atoms with Crippen molar-refractivity contribution in [2.24, 2.45) is 5.92 Å². The standard InChI is InChI=1S/C24H25N3O2S/c28-22(26-12-9-18(10-13-26)15-17-5-2-1-3-6-17)19-7-8-20-21(16-19)25-24-27(23(20)29)11-4-14-30-24/h1-3,5-8,16,18H,4,9-15H2. The van der Waals surface area contributed by atoms with Crippen LogP contribution in [0.15, 0.2) is 58.5 Å². The predicted octanol–water partition coefficient (Wildman–Crippen LogP) is 3.99. The Morgan fingerprint density at radius 2 is 1.87 bits per heavy atom. The van der Waals surface area contributed by atoms with E-state index in [0.717, 1.165) is 56.2 Å². The summed E-state index contributed by atoms with van der Waals surface area (Å²) in [5.41, 5.74) is 2.63. The van der Waals surface area contributed by atoms with Gasteiger partial charge < -0.3 is 4.90 Å². The Labute approximate surface area is 180 Å². The number of hydrogen-bond acceptors (Lipinski definition) is 4. The van der Waals surface area contributed by atoms with Gasteiger partial charge in [0, 0.05) is 31.0 Å². The fourth-order valence-electron chi connectivity index (χ4n) is 4.50.